The zero-order chi connectivity index (χ0) is 15.3. The first kappa shape index (κ1) is 16.3. The van der Waals surface area contributed by atoms with Crippen LogP contribution >= 0.6 is 0 Å². The molecular weight excluding hydrogens is 271 g/mol. The van der Waals surface area contributed by atoms with E-state index in [9.17, 15) is 18.0 Å². The van der Waals surface area contributed by atoms with Crippen LogP contribution < -0.4 is 11.1 Å². The van der Waals surface area contributed by atoms with Crippen molar-refractivity contribution in [1.29, 1.82) is 0 Å². The molecule has 1 amide bonds. The van der Waals surface area contributed by atoms with E-state index in [0.29, 0.717) is 11.4 Å². The second-order valence-corrected chi connectivity index (χ2v) is 4.43. The van der Waals surface area contributed by atoms with Crippen LogP contribution in [0.3, 0.4) is 0 Å². The molecule has 0 saturated carbocycles. The zero-order valence-electron chi connectivity index (χ0n) is 11.4. The fourth-order valence-corrected chi connectivity index (χ4v) is 1.77. The minimum atomic E-state index is -4.34. The lowest BCUT2D eigenvalue weighted by atomic mass is 10.2. The highest BCUT2D eigenvalue weighted by molar-refractivity contribution is 5.97. The van der Waals surface area contributed by atoms with Crippen LogP contribution in [0.4, 0.5) is 24.5 Å². The molecule has 0 fully saturated rings. The number of nitrogens with two attached hydrogens (primary N) is 1. The number of likely N-dealkylation sites (N-methyl/N-ethyl adjacent to an activating group) is 1. The number of alkyl halides is 3. The van der Waals surface area contributed by atoms with Gasteiger partial charge in [0, 0.05) is 0 Å². The Morgan fingerprint density at radius 2 is 2.00 bits per heavy atom. The van der Waals surface area contributed by atoms with Crippen molar-refractivity contribution in [2.75, 3.05) is 24.1 Å². The predicted octanol–water partition coefficient (Wildman–Crippen LogP) is 2.48. The summed E-state index contributed by atoms with van der Waals surface area (Å²) in [5.41, 5.74) is 6.43. The maximum absolute atomic E-state index is 12.4. The lowest BCUT2D eigenvalue weighted by Crippen LogP contribution is -2.46. The molecule has 1 aromatic carbocycles. The van der Waals surface area contributed by atoms with Crippen molar-refractivity contribution in [2.45, 2.75) is 26.1 Å². The van der Waals surface area contributed by atoms with E-state index in [4.69, 9.17) is 5.73 Å². The van der Waals surface area contributed by atoms with Gasteiger partial charge in [-0.2, -0.15) is 13.2 Å². The topological polar surface area (TPSA) is 58.4 Å². The molecule has 0 heterocycles. The second kappa shape index (κ2) is 6.60. The Morgan fingerprint density at radius 3 is 2.50 bits per heavy atom. The number of anilines is 2. The van der Waals surface area contributed by atoms with Gasteiger partial charge in [0.1, 0.15) is 0 Å². The molecule has 3 N–H and O–H groups in total. The van der Waals surface area contributed by atoms with Crippen LogP contribution in [-0.2, 0) is 4.79 Å². The summed E-state index contributed by atoms with van der Waals surface area (Å²) in [6.45, 7) is 2.01. The summed E-state index contributed by atoms with van der Waals surface area (Å²) in [4.78, 5) is 13.0. The van der Waals surface area contributed by atoms with Crippen molar-refractivity contribution < 1.29 is 18.0 Å². The van der Waals surface area contributed by atoms with Gasteiger partial charge in [0.05, 0.1) is 24.0 Å². The van der Waals surface area contributed by atoms with Crippen molar-refractivity contribution in [1.82, 2.24) is 4.90 Å². The molecule has 0 aliphatic rings. The molecule has 1 unspecified atom stereocenters. The SMILES string of the molecule is CCN(CC(F)(F)F)C(C)C(=O)Nc1ccccc1N. The molecule has 1 atom stereocenters. The van der Waals surface area contributed by atoms with E-state index in [0.717, 1.165) is 4.90 Å². The standard InChI is InChI=1S/C13H18F3N3O/c1-3-19(8-13(14,15)16)9(2)12(20)18-11-7-5-4-6-10(11)17/h4-7,9H,3,8,17H2,1-2H3,(H,18,20). The summed E-state index contributed by atoms with van der Waals surface area (Å²) in [6, 6.07) is 5.69. The maximum atomic E-state index is 12.4. The molecule has 7 heteroatoms. The number of halogens is 3. The maximum Gasteiger partial charge on any atom is 0.401 e. The van der Waals surface area contributed by atoms with Crippen LogP contribution in [0.15, 0.2) is 24.3 Å². The van der Waals surface area contributed by atoms with Crippen LogP contribution in [-0.4, -0.2) is 36.1 Å². The Kier molecular flexibility index (Phi) is 5.38. The number of benzene rings is 1. The van der Waals surface area contributed by atoms with E-state index in [2.05, 4.69) is 5.32 Å². The molecule has 112 valence electrons. The number of nitrogens with one attached hydrogen (secondary N) is 1. The van der Waals surface area contributed by atoms with E-state index in [-0.39, 0.29) is 6.54 Å². The van der Waals surface area contributed by atoms with Gasteiger partial charge in [-0.1, -0.05) is 19.1 Å². The van der Waals surface area contributed by atoms with E-state index in [1.54, 1.807) is 31.2 Å². The van der Waals surface area contributed by atoms with Crippen LogP contribution in [0.1, 0.15) is 13.8 Å². The Bertz CT molecular complexity index is 462. The third kappa shape index (κ3) is 4.73. The average molecular weight is 289 g/mol. The van der Waals surface area contributed by atoms with E-state index in [1.807, 2.05) is 0 Å². The normalized spacial score (nSPS) is 13.3. The smallest absolute Gasteiger partial charge is 0.397 e. The summed E-state index contributed by atoms with van der Waals surface area (Å²) < 4.78 is 37.2. The highest BCUT2D eigenvalue weighted by atomic mass is 19.4. The van der Waals surface area contributed by atoms with Crippen LogP contribution in [0, 0.1) is 0 Å². The summed E-state index contributed by atoms with van der Waals surface area (Å²) >= 11 is 0. The fourth-order valence-electron chi connectivity index (χ4n) is 1.77. The highest BCUT2D eigenvalue weighted by Gasteiger charge is 2.33. The average Bonchev–Trinajstić information content (AvgIpc) is 2.36. The van der Waals surface area contributed by atoms with E-state index < -0.39 is 24.7 Å². The van der Waals surface area contributed by atoms with Gasteiger partial charge < -0.3 is 11.1 Å². The molecule has 0 saturated heterocycles. The number of rotatable bonds is 5. The molecule has 0 aromatic heterocycles. The molecule has 1 rings (SSSR count). The predicted molar refractivity (Wildman–Crippen MR) is 72.2 cm³/mol. The van der Waals surface area contributed by atoms with Gasteiger partial charge in [0.25, 0.3) is 0 Å². The van der Waals surface area contributed by atoms with Gasteiger partial charge >= 0.3 is 6.18 Å². The molecule has 0 spiro atoms. The molecule has 20 heavy (non-hydrogen) atoms. The lowest BCUT2D eigenvalue weighted by Gasteiger charge is -2.27. The number of hydrogen-bond acceptors (Lipinski definition) is 3. The minimum Gasteiger partial charge on any atom is -0.397 e. The lowest BCUT2D eigenvalue weighted by molar-refractivity contribution is -0.152. The number of nitrogen functional groups attached to an aromatic ring is 1. The molecule has 0 radical (unpaired) electrons. The summed E-state index contributed by atoms with van der Waals surface area (Å²) in [6.07, 6.45) is -4.34. The van der Waals surface area contributed by atoms with Gasteiger partial charge in [-0.3, -0.25) is 9.69 Å². The third-order valence-electron chi connectivity index (χ3n) is 2.93. The van der Waals surface area contributed by atoms with Crippen molar-refractivity contribution in [3.05, 3.63) is 24.3 Å². The zero-order valence-corrected chi connectivity index (χ0v) is 11.4. The van der Waals surface area contributed by atoms with Gasteiger partial charge in [0.15, 0.2) is 0 Å². The summed E-state index contributed by atoms with van der Waals surface area (Å²) in [5.74, 6) is -0.519. The summed E-state index contributed by atoms with van der Waals surface area (Å²) in [5, 5.41) is 2.54. The van der Waals surface area contributed by atoms with Crippen LogP contribution in [0.25, 0.3) is 0 Å². The van der Waals surface area contributed by atoms with Gasteiger partial charge in [-0.25, -0.2) is 0 Å². The second-order valence-electron chi connectivity index (χ2n) is 4.43. The minimum absolute atomic E-state index is 0.123. The molecular formula is C13H18F3N3O. The molecule has 0 aliphatic carbocycles. The first-order valence-corrected chi connectivity index (χ1v) is 6.20. The Labute approximate surface area is 115 Å². The van der Waals surface area contributed by atoms with Crippen LogP contribution in [0.2, 0.25) is 0 Å². The first-order valence-electron chi connectivity index (χ1n) is 6.20. The number of carbonyl (C=O) groups excluding carboxylic acids is 1. The number of carbonyl (C=O) groups is 1. The Hall–Kier alpha value is -1.76. The molecule has 4 nitrogen and oxygen atoms in total. The van der Waals surface area contributed by atoms with E-state index in [1.165, 1.54) is 6.92 Å². The van der Waals surface area contributed by atoms with Crippen molar-refractivity contribution in [3.63, 3.8) is 0 Å². The first-order chi connectivity index (χ1) is 9.24. The molecule has 0 bridgehead atoms. The van der Waals surface area contributed by atoms with Crippen molar-refractivity contribution in [3.8, 4) is 0 Å². The number of nitrogens with zero attached hydrogens (tertiary/aromatic N) is 1. The van der Waals surface area contributed by atoms with Crippen molar-refractivity contribution in [2.24, 2.45) is 0 Å². The highest BCUT2D eigenvalue weighted by Crippen LogP contribution is 2.20. The molecule has 0 aliphatic heterocycles. The number of hydrogen-bond donors (Lipinski definition) is 2. The fraction of sp³-hybridized carbons (Fsp3) is 0.462. The quantitative estimate of drug-likeness (QED) is 0.819. The number of para-hydroxylation sites is 2. The Balaban J connectivity index is 2.73. The molecule has 1 aromatic rings. The van der Waals surface area contributed by atoms with Crippen LogP contribution in [0.5, 0.6) is 0 Å². The van der Waals surface area contributed by atoms with Gasteiger partial charge in [0.2, 0.25) is 5.91 Å². The monoisotopic (exact) mass is 289 g/mol. The number of amides is 1. The Morgan fingerprint density at radius 1 is 1.40 bits per heavy atom. The van der Waals surface area contributed by atoms with Gasteiger partial charge in [-0.05, 0) is 25.6 Å². The van der Waals surface area contributed by atoms with Crippen molar-refractivity contribution >= 4 is 17.3 Å². The van der Waals surface area contributed by atoms with E-state index >= 15 is 0 Å². The summed E-state index contributed by atoms with van der Waals surface area (Å²) in [7, 11) is 0. The largest absolute Gasteiger partial charge is 0.401 e. The van der Waals surface area contributed by atoms with Gasteiger partial charge in [-0.15, -0.1) is 0 Å². The third-order valence-corrected chi connectivity index (χ3v) is 2.93.